The first-order valence-electron chi connectivity index (χ1n) is 9.69. The molecule has 2 fully saturated rings. The molecule has 1 saturated carbocycles. The largest absolute Gasteiger partial charge is 0.421 e. The summed E-state index contributed by atoms with van der Waals surface area (Å²) in [7, 11) is 0. The summed E-state index contributed by atoms with van der Waals surface area (Å²) in [4.78, 5) is 2.51. The van der Waals surface area contributed by atoms with E-state index in [1.165, 1.54) is 50.6 Å². The van der Waals surface area contributed by atoms with E-state index in [0.29, 0.717) is 17.8 Å². The summed E-state index contributed by atoms with van der Waals surface area (Å²) >= 11 is 0. The molecule has 5 nitrogen and oxygen atoms in total. The van der Waals surface area contributed by atoms with Crippen LogP contribution in [0.5, 0.6) is 0 Å². The third-order valence-corrected chi connectivity index (χ3v) is 5.50. The van der Waals surface area contributed by atoms with Crippen molar-refractivity contribution in [2.24, 2.45) is 0 Å². The molecule has 0 bridgehead atoms. The first-order valence-corrected chi connectivity index (χ1v) is 9.69. The topological polar surface area (TPSA) is 54.2 Å². The molecule has 0 amide bonds. The predicted octanol–water partition coefficient (Wildman–Crippen LogP) is 3.94. The number of hydrogen-bond donors (Lipinski definition) is 1. The molecule has 1 N–H and O–H groups in total. The van der Waals surface area contributed by atoms with E-state index in [9.17, 15) is 0 Å². The van der Waals surface area contributed by atoms with Gasteiger partial charge in [0, 0.05) is 43.3 Å². The van der Waals surface area contributed by atoms with Crippen LogP contribution in [0.4, 0.5) is 5.69 Å². The van der Waals surface area contributed by atoms with Crippen molar-refractivity contribution >= 4 is 5.69 Å². The SMILES string of the molecule is Cc1nnc(-c2ccc(N3CCCC(NC4CCCCC4)C3)cc2)o1. The Morgan fingerprint density at radius 1 is 0.960 bits per heavy atom. The Labute approximate surface area is 149 Å². The van der Waals surface area contributed by atoms with Crippen molar-refractivity contribution in [2.45, 2.75) is 64.0 Å². The molecule has 2 heterocycles. The van der Waals surface area contributed by atoms with Gasteiger partial charge < -0.3 is 14.6 Å². The third-order valence-electron chi connectivity index (χ3n) is 5.50. The van der Waals surface area contributed by atoms with Crippen molar-refractivity contribution in [3.05, 3.63) is 30.2 Å². The Hall–Kier alpha value is -1.88. The minimum atomic E-state index is 0.597. The van der Waals surface area contributed by atoms with Gasteiger partial charge in [0.25, 0.3) is 0 Å². The highest BCUT2D eigenvalue weighted by Gasteiger charge is 2.23. The normalized spacial score (nSPS) is 22.3. The van der Waals surface area contributed by atoms with Crippen molar-refractivity contribution in [3.8, 4) is 11.5 Å². The van der Waals surface area contributed by atoms with Crippen LogP contribution in [0.3, 0.4) is 0 Å². The fraction of sp³-hybridized carbons (Fsp3) is 0.600. The monoisotopic (exact) mass is 340 g/mol. The Bertz CT molecular complexity index is 675. The first-order chi connectivity index (χ1) is 12.3. The minimum absolute atomic E-state index is 0.597. The number of nitrogens with zero attached hydrogens (tertiary/aromatic N) is 3. The number of aryl methyl sites for hydroxylation is 1. The van der Waals surface area contributed by atoms with E-state index >= 15 is 0 Å². The second-order valence-corrected chi connectivity index (χ2v) is 7.46. The highest BCUT2D eigenvalue weighted by molar-refractivity contribution is 5.59. The smallest absolute Gasteiger partial charge is 0.247 e. The van der Waals surface area contributed by atoms with Gasteiger partial charge in [-0.1, -0.05) is 19.3 Å². The number of rotatable bonds is 4. The fourth-order valence-corrected chi connectivity index (χ4v) is 4.18. The molecule has 0 spiro atoms. The molecule has 1 aromatic carbocycles. The van der Waals surface area contributed by atoms with E-state index in [1.807, 2.05) is 6.92 Å². The molecule has 4 rings (SSSR count). The zero-order valence-corrected chi connectivity index (χ0v) is 15.1. The highest BCUT2D eigenvalue weighted by atomic mass is 16.4. The van der Waals surface area contributed by atoms with Crippen LogP contribution in [0, 0.1) is 6.92 Å². The Balaban J connectivity index is 1.39. The summed E-state index contributed by atoms with van der Waals surface area (Å²) in [6.45, 7) is 4.06. The summed E-state index contributed by atoms with van der Waals surface area (Å²) in [5.74, 6) is 1.20. The Morgan fingerprint density at radius 3 is 2.44 bits per heavy atom. The van der Waals surface area contributed by atoms with E-state index < -0.39 is 0 Å². The van der Waals surface area contributed by atoms with Crippen LogP contribution < -0.4 is 10.2 Å². The fourth-order valence-electron chi connectivity index (χ4n) is 4.18. The van der Waals surface area contributed by atoms with E-state index in [2.05, 4.69) is 44.7 Å². The number of anilines is 1. The van der Waals surface area contributed by atoms with Crippen molar-refractivity contribution in [1.82, 2.24) is 15.5 Å². The maximum atomic E-state index is 5.51. The van der Waals surface area contributed by atoms with Crippen molar-refractivity contribution in [1.29, 1.82) is 0 Å². The zero-order chi connectivity index (χ0) is 17.1. The van der Waals surface area contributed by atoms with Gasteiger partial charge in [0.05, 0.1) is 0 Å². The van der Waals surface area contributed by atoms with Gasteiger partial charge in [-0.05, 0) is 49.9 Å². The molecular weight excluding hydrogens is 312 g/mol. The maximum absolute atomic E-state index is 5.51. The summed E-state index contributed by atoms with van der Waals surface area (Å²) in [6, 6.07) is 9.88. The molecule has 134 valence electrons. The van der Waals surface area contributed by atoms with Crippen LogP contribution in [0.2, 0.25) is 0 Å². The molecule has 1 saturated heterocycles. The summed E-state index contributed by atoms with van der Waals surface area (Å²) < 4.78 is 5.51. The number of aromatic nitrogens is 2. The van der Waals surface area contributed by atoms with Crippen LogP contribution in [0.1, 0.15) is 50.8 Å². The molecule has 1 aliphatic carbocycles. The van der Waals surface area contributed by atoms with Crippen LogP contribution in [0.25, 0.3) is 11.5 Å². The van der Waals surface area contributed by atoms with E-state index in [4.69, 9.17) is 4.42 Å². The second-order valence-electron chi connectivity index (χ2n) is 7.46. The van der Waals surface area contributed by atoms with Crippen molar-refractivity contribution < 1.29 is 4.42 Å². The Morgan fingerprint density at radius 2 is 1.72 bits per heavy atom. The van der Waals surface area contributed by atoms with Crippen LogP contribution in [-0.4, -0.2) is 35.4 Å². The lowest BCUT2D eigenvalue weighted by molar-refractivity contribution is 0.312. The summed E-state index contributed by atoms with van der Waals surface area (Å²) in [5.41, 5.74) is 2.27. The van der Waals surface area contributed by atoms with Crippen LogP contribution in [0.15, 0.2) is 28.7 Å². The van der Waals surface area contributed by atoms with Gasteiger partial charge in [0.1, 0.15) is 0 Å². The van der Waals surface area contributed by atoms with Gasteiger partial charge in [0.15, 0.2) is 0 Å². The van der Waals surface area contributed by atoms with E-state index in [-0.39, 0.29) is 0 Å². The lowest BCUT2D eigenvalue weighted by Crippen LogP contribution is -2.49. The molecule has 1 atom stereocenters. The van der Waals surface area contributed by atoms with E-state index in [0.717, 1.165) is 24.7 Å². The molecule has 2 aromatic rings. The van der Waals surface area contributed by atoms with Gasteiger partial charge in [-0.15, -0.1) is 10.2 Å². The Kier molecular flexibility index (Phi) is 5.02. The standard InChI is InChI=1S/C20H28N4O/c1-15-22-23-20(25-15)16-9-11-19(12-10-16)24-13-5-8-18(14-24)21-17-6-3-2-4-7-17/h9-12,17-18,21H,2-8,13-14H2,1H3. The van der Waals surface area contributed by atoms with Crippen molar-refractivity contribution in [2.75, 3.05) is 18.0 Å². The zero-order valence-electron chi connectivity index (χ0n) is 15.1. The average molecular weight is 340 g/mol. The van der Waals surface area contributed by atoms with Gasteiger partial charge in [-0.2, -0.15) is 0 Å². The number of benzene rings is 1. The molecule has 1 unspecified atom stereocenters. The molecular formula is C20H28N4O. The molecule has 2 aliphatic rings. The molecule has 25 heavy (non-hydrogen) atoms. The molecule has 0 radical (unpaired) electrons. The quantitative estimate of drug-likeness (QED) is 0.914. The lowest BCUT2D eigenvalue weighted by Gasteiger charge is -2.37. The molecule has 1 aromatic heterocycles. The van der Waals surface area contributed by atoms with Gasteiger partial charge in [-0.25, -0.2) is 0 Å². The van der Waals surface area contributed by atoms with Gasteiger partial charge in [0.2, 0.25) is 11.8 Å². The highest BCUT2D eigenvalue weighted by Crippen LogP contribution is 2.25. The van der Waals surface area contributed by atoms with Crippen LogP contribution >= 0.6 is 0 Å². The number of nitrogens with one attached hydrogen (secondary N) is 1. The third kappa shape index (κ3) is 4.03. The predicted molar refractivity (Wildman–Crippen MR) is 99.7 cm³/mol. The molecule has 5 heteroatoms. The summed E-state index contributed by atoms with van der Waals surface area (Å²) in [5, 5.41) is 11.9. The average Bonchev–Trinajstić information content (AvgIpc) is 3.09. The lowest BCUT2D eigenvalue weighted by atomic mass is 9.93. The summed E-state index contributed by atoms with van der Waals surface area (Å²) in [6.07, 6.45) is 9.47. The second kappa shape index (κ2) is 7.56. The number of hydrogen-bond acceptors (Lipinski definition) is 5. The van der Waals surface area contributed by atoms with Gasteiger partial charge in [-0.3, -0.25) is 0 Å². The number of piperidine rings is 1. The van der Waals surface area contributed by atoms with Gasteiger partial charge >= 0.3 is 0 Å². The van der Waals surface area contributed by atoms with Crippen LogP contribution in [-0.2, 0) is 0 Å². The maximum Gasteiger partial charge on any atom is 0.247 e. The van der Waals surface area contributed by atoms with E-state index in [1.54, 1.807) is 0 Å². The molecule has 1 aliphatic heterocycles. The van der Waals surface area contributed by atoms with Crippen molar-refractivity contribution in [3.63, 3.8) is 0 Å². The first kappa shape index (κ1) is 16.6. The minimum Gasteiger partial charge on any atom is -0.421 e.